The zero-order valence-corrected chi connectivity index (χ0v) is 17.4. The highest BCUT2D eigenvalue weighted by atomic mass is 35.5. The molecule has 2 saturated carbocycles. The monoisotopic (exact) mass is 386 g/mol. The molecule has 0 aromatic heterocycles. The van der Waals surface area contributed by atoms with Crippen molar-refractivity contribution in [3.63, 3.8) is 0 Å². The van der Waals surface area contributed by atoms with Crippen LogP contribution in [0.3, 0.4) is 0 Å². The van der Waals surface area contributed by atoms with Gasteiger partial charge in [-0.05, 0) is 62.0 Å². The topological polar surface area (TPSA) is 24.4 Å². The molecular formula is C24H35ClN2. The number of nitrogens with one attached hydrogen (secondary N) is 1. The largest absolute Gasteiger partial charge is 0.388 e. The molecular weight excluding hydrogens is 352 g/mol. The first-order valence-electron chi connectivity index (χ1n) is 11.0. The van der Waals surface area contributed by atoms with Gasteiger partial charge in [-0.25, -0.2) is 0 Å². The fraction of sp³-hybridized carbons (Fsp3) is 0.625. The summed E-state index contributed by atoms with van der Waals surface area (Å²) in [5, 5.41) is 3.52. The summed E-state index contributed by atoms with van der Waals surface area (Å²) >= 11 is 0. The molecule has 1 heterocycles. The van der Waals surface area contributed by atoms with Crippen LogP contribution in [-0.2, 0) is 0 Å². The van der Waals surface area contributed by atoms with Crippen molar-refractivity contribution in [1.29, 1.82) is 0 Å². The molecule has 2 nitrogen and oxygen atoms in total. The molecule has 3 aliphatic rings. The van der Waals surface area contributed by atoms with Crippen LogP contribution in [0.2, 0.25) is 0 Å². The second-order valence-electron chi connectivity index (χ2n) is 8.55. The molecule has 0 amide bonds. The summed E-state index contributed by atoms with van der Waals surface area (Å²) in [6.45, 7) is 1.11. The van der Waals surface area contributed by atoms with E-state index < -0.39 is 0 Å². The van der Waals surface area contributed by atoms with Crippen molar-refractivity contribution in [1.82, 2.24) is 5.32 Å². The quantitative estimate of drug-likeness (QED) is 0.603. The number of rotatable bonds is 4. The predicted molar refractivity (Wildman–Crippen MR) is 118 cm³/mol. The number of nitrogens with zero attached hydrogens (tertiary/aromatic N) is 1. The number of benzene rings is 1. The SMILES string of the molecule is C(=C1CCCN1)C(=N[C@H]1CC[C@H](C2CCCCC2)CC1)c1ccccc1.Cl. The highest BCUT2D eigenvalue weighted by molar-refractivity contribution is 6.09. The van der Waals surface area contributed by atoms with E-state index in [-0.39, 0.29) is 12.4 Å². The third kappa shape index (κ3) is 5.60. The van der Waals surface area contributed by atoms with Crippen molar-refractivity contribution in [3.8, 4) is 0 Å². The summed E-state index contributed by atoms with van der Waals surface area (Å²) in [5.41, 5.74) is 3.82. The van der Waals surface area contributed by atoms with Crippen LogP contribution in [0.4, 0.5) is 0 Å². The van der Waals surface area contributed by atoms with Crippen molar-refractivity contribution < 1.29 is 0 Å². The fourth-order valence-electron chi connectivity index (χ4n) is 5.21. The lowest BCUT2D eigenvalue weighted by molar-refractivity contribution is 0.187. The second kappa shape index (κ2) is 10.3. The molecule has 148 valence electrons. The van der Waals surface area contributed by atoms with Crippen LogP contribution in [0.5, 0.6) is 0 Å². The molecule has 1 aromatic carbocycles. The summed E-state index contributed by atoms with van der Waals surface area (Å²) in [7, 11) is 0. The van der Waals surface area contributed by atoms with Crippen molar-refractivity contribution >= 4 is 18.1 Å². The first-order chi connectivity index (χ1) is 12.9. The maximum absolute atomic E-state index is 5.25. The Morgan fingerprint density at radius 2 is 1.56 bits per heavy atom. The first kappa shape index (κ1) is 20.5. The van der Waals surface area contributed by atoms with E-state index in [1.54, 1.807) is 0 Å². The van der Waals surface area contributed by atoms with Gasteiger partial charge in [0.1, 0.15) is 0 Å². The van der Waals surface area contributed by atoms with Crippen LogP contribution in [0.15, 0.2) is 47.1 Å². The smallest absolute Gasteiger partial charge is 0.0667 e. The Labute approximate surface area is 171 Å². The van der Waals surface area contributed by atoms with Gasteiger partial charge in [0, 0.05) is 12.2 Å². The average molecular weight is 387 g/mol. The number of allylic oxidation sites excluding steroid dienone is 2. The van der Waals surface area contributed by atoms with Gasteiger partial charge in [0.15, 0.2) is 0 Å². The van der Waals surface area contributed by atoms with E-state index in [1.807, 2.05) is 0 Å². The molecule has 27 heavy (non-hydrogen) atoms. The summed E-state index contributed by atoms with van der Waals surface area (Å²) in [5.74, 6) is 2.00. The van der Waals surface area contributed by atoms with Crippen LogP contribution in [-0.4, -0.2) is 18.3 Å². The molecule has 0 radical (unpaired) electrons. The Balaban J connectivity index is 0.00000210. The molecule has 1 aromatic rings. The number of hydrogen-bond acceptors (Lipinski definition) is 2. The lowest BCUT2D eigenvalue weighted by Gasteiger charge is -2.35. The Morgan fingerprint density at radius 3 is 2.22 bits per heavy atom. The number of halogens is 1. The molecule has 2 aliphatic carbocycles. The summed E-state index contributed by atoms with van der Waals surface area (Å²) < 4.78 is 0. The lowest BCUT2D eigenvalue weighted by atomic mass is 9.72. The molecule has 0 spiro atoms. The normalized spacial score (nSPS) is 28.6. The average Bonchev–Trinajstić information content (AvgIpc) is 3.23. The Bertz CT molecular complexity index is 615. The Morgan fingerprint density at radius 1 is 0.852 bits per heavy atom. The van der Waals surface area contributed by atoms with E-state index in [0.29, 0.717) is 6.04 Å². The van der Waals surface area contributed by atoms with E-state index in [9.17, 15) is 0 Å². The first-order valence-corrected chi connectivity index (χ1v) is 11.0. The number of aliphatic imine (C=N–C) groups is 1. The van der Waals surface area contributed by atoms with E-state index in [0.717, 1.165) is 18.4 Å². The Kier molecular flexibility index (Phi) is 7.81. The van der Waals surface area contributed by atoms with E-state index in [1.165, 1.54) is 87.6 Å². The highest BCUT2D eigenvalue weighted by Gasteiger charge is 2.28. The summed E-state index contributed by atoms with van der Waals surface area (Å²) in [6, 6.07) is 11.3. The molecule has 3 fully saturated rings. The maximum Gasteiger partial charge on any atom is 0.0667 e. The van der Waals surface area contributed by atoms with Crippen molar-refractivity contribution in [2.24, 2.45) is 16.8 Å². The third-order valence-electron chi connectivity index (χ3n) is 6.73. The summed E-state index contributed by atoms with van der Waals surface area (Å²) in [4.78, 5) is 5.25. The maximum atomic E-state index is 5.25. The molecule has 1 N–H and O–H groups in total. The van der Waals surface area contributed by atoms with E-state index >= 15 is 0 Å². The molecule has 0 unspecified atom stereocenters. The second-order valence-corrected chi connectivity index (χ2v) is 8.55. The molecule has 4 rings (SSSR count). The zero-order chi connectivity index (χ0) is 17.6. The van der Waals surface area contributed by atoms with E-state index in [2.05, 4.69) is 41.7 Å². The highest BCUT2D eigenvalue weighted by Crippen LogP contribution is 2.39. The van der Waals surface area contributed by atoms with Gasteiger partial charge in [0.05, 0.1) is 11.8 Å². The minimum Gasteiger partial charge on any atom is -0.388 e. The molecule has 0 bridgehead atoms. The van der Waals surface area contributed by atoms with Crippen molar-refractivity contribution in [2.45, 2.75) is 76.7 Å². The molecule has 1 saturated heterocycles. The molecule has 1 aliphatic heterocycles. The van der Waals surface area contributed by atoms with Gasteiger partial charge in [-0.3, -0.25) is 4.99 Å². The van der Waals surface area contributed by atoms with Crippen LogP contribution in [0.1, 0.15) is 76.2 Å². The standard InChI is InChI=1S/C24H34N2.ClH/c1-3-8-19(9-4-1)20-13-15-22(16-14-20)26-24(18-23-12-7-17-25-23)21-10-5-2-6-11-21;/h2,5-6,10-11,18-20,22,25H,1,3-4,7-9,12-17H2;1H/t20-,22-;. The van der Waals surface area contributed by atoms with Crippen molar-refractivity contribution in [3.05, 3.63) is 47.7 Å². The Hall–Kier alpha value is -1.28. The molecule has 0 atom stereocenters. The van der Waals surface area contributed by atoms with Gasteiger partial charge in [0.25, 0.3) is 0 Å². The van der Waals surface area contributed by atoms with Gasteiger partial charge >= 0.3 is 0 Å². The molecule has 3 heteroatoms. The van der Waals surface area contributed by atoms with Crippen LogP contribution < -0.4 is 5.32 Å². The third-order valence-corrected chi connectivity index (χ3v) is 6.73. The van der Waals surface area contributed by atoms with Gasteiger partial charge in [0.2, 0.25) is 0 Å². The fourth-order valence-corrected chi connectivity index (χ4v) is 5.21. The van der Waals surface area contributed by atoms with Gasteiger partial charge in [-0.15, -0.1) is 12.4 Å². The zero-order valence-electron chi connectivity index (χ0n) is 16.5. The van der Waals surface area contributed by atoms with E-state index in [4.69, 9.17) is 4.99 Å². The summed E-state index contributed by atoms with van der Waals surface area (Å²) in [6.07, 6.45) is 17.5. The minimum atomic E-state index is 0. The van der Waals surface area contributed by atoms with Crippen molar-refractivity contribution in [2.75, 3.05) is 6.54 Å². The minimum absolute atomic E-state index is 0. The lowest BCUT2D eigenvalue weighted by Crippen LogP contribution is -2.25. The van der Waals surface area contributed by atoms with Crippen LogP contribution in [0, 0.1) is 11.8 Å². The van der Waals surface area contributed by atoms with Crippen LogP contribution >= 0.6 is 12.4 Å². The van der Waals surface area contributed by atoms with Gasteiger partial charge < -0.3 is 5.32 Å². The number of hydrogen-bond donors (Lipinski definition) is 1. The predicted octanol–water partition coefficient (Wildman–Crippen LogP) is 6.30. The van der Waals surface area contributed by atoms with Gasteiger partial charge in [-0.1, -0.05) is 62.4 Å². The van der Waals surface area contributed by atoms with Crippen LogP contribution in [0.25, 0.3) is 0 Å². The van der Waals surface area contributed by atoms with Gasteiger partial charge in [-0.2, -0.15) is 0 Å².